The van der Waals surface area contributed by atoms with E-state index in [-0.39, 0.29) is 12.7 Å². The molecule has 2 aromatic rings. The number of benzene rings is 2. The summed E-state index contributed by atoms with van der Waals surface area (Å²) in [7, 11) is 0. The van der Waals surface area contributed by atoms with Crippen LogP contribution in [-0.4, -0.2) is 34.9 Å². The molecule has 0 radical (unpaired) electrons. The average Bonchev–Trinajstić information content (AvgIpc) is 2.59. The second kappa shape index (κ2) is 9.25. The fourth-order valence-corrected chi connectivity index (χ4v) is 2.33. The van der Waals surface area contributed by atoms with Crippen LogP contribution in [0.5, 0.6) is 11.5 Å². The van der Waals surface area contributed by atoms with Crippen LogP contribution in [-0.2, 0) is 11.3 Å². The molecule has 26 heavy (non-hydrogen) atoms. The van der Waals surface area contributed by atoms with E-state index in [4.69, 9.17) is 14.6 Å². The quantitative estimate of drug-likeness (QED) is 0.787. The van der Waals surface area contributed by atoms with Gasteiger partial charge in [0.25, 0.3) is 0 Å². The molecule has 0 spiro atoms. The molecule has 1 amide bonds. The van der Waals surface area contributed by atoms with E-state index in [2.05, 4.69) is 0 Å². The van der Waals surface area contributed by atoms with Crippen LogP contribution in [0.15, 0.2) is 54.6 Å². The highest BCUT2D eigenvalue weighted by atomic mass is 16.6. The topological polar surface area (TPSA) is 59.0 Å². The minimum absolute atomic E-state index is 0.0309. The molecule has 0 unspecified atom stereocenters. The van der Waals surface area contributed by atoms with Crippen molar-refractivity contribution in [1.29, 1.82) is 0 Å². The van der Waals surface area contributed by atoms with Crippen LogP contribution < -0.4 is 4.74 Å². The van der Waals surface area contributed by atoms with Gasteiger partial charge in [0.1, 0.15) is 17.1 Å². The van der Waals surface area contributed by atoms with E-state index in [1.807, 2.05) is 75.4 Å². The summed E-state index contributed by atoms with van der Waals surface area (Å²) in [5, 5.41) is 9.08. The first-order chi connectivity index (χ1) is 12.4. The standard InChI is InChI=1S/C21H27NO4/c1-21(2,3)26-20(24)22(14-7-15-23)16-17-10-12-19(13-11-17)25-18-8-5-4-6-9-18/h4-6,8-13,23H,7,14-16H2,1-3H3. The molecule has 140 valence electrons. The minimum Gasteiger partial charge on any atom is -0.457 e. The van der Waals surface area contributed by atoms with Gasteiger partial charge >= 0.3 is 6.09 Å². The Balaban J connectivity index is 2.01. The van der Waals surface area contributed by atoms with Gasteiger partial charge in [-0.25, -0.2) is 4.79 Å². The Morgan fingerprint density at radius 2 is 1.62 bits per heavy atom. The number of amides is 1. The van der Waals surface area contributed by atoms with Crippen molar-refractivity contribution in [3.63, 3.8) is 0 Å². The van der Waals surface area contributed by atoms with Crippen LogP contribution in [0.4, 0.5) is 4.79 Å². The van der Waals surface area contributed by atoms with Gasteiger partial charge in [-0.3, -0.25) is 0 Å². The van der Waals surface area contributed by atoms with Crippen molar-refractivity contribution in [3.05, 3.63) is 60.2 Å². The fraction of sp³-hybridized carbons (Fsp3) is 0.381. The summed E-state index contributed by atoms with van der Waals surface area (Å²) < 4.78 is 11.2. The monoisotopic (exact) mass is 357 g/mol. The summed E-state index contributed by atoms with van der Waals surface area (Å²) in [5.74, 6) is 1.51. The van der Waals surface area contributed by atoms with E-state index in [1.165, 1.54) is 0 Å². The lowest BCUT2D eigenvalue weighted by Gasteiger charge is -2.27. The van der Waals surface area contributed by atoms with Gasteiger partial charge in [-0.15, -0.1) is 0 Å². The van der Waals surface area contributed by atoms with Gasteiger partial charge in [-0.2, -0.15) is 0 Å². The lowest BCUT2D eigenvalue weighted by Crippen LogP contribution is -2.37. The SMILES string of the molecule is CC(C)(C)OC(=O)N(CCCO)Cc1ccc(Oc2ccccc2)cc1. The summed E-state index contributed by atoms with van der Waals surface area (Å²) in [6.07, 6.45) is 0.129. The average molecular weight is 357 g/mol. The van der Waals surface area contributed by atoms with Crippen LogP contribution in [0.25, 0.3) is 0 Å². The minimum atomic E-state index is -0.554. The van der Waals surface area contributed by atoms with Crippen molar-refractivity contribution in [2.45, 2.75) is 39.3 Å². The number of carbonyl (C=O) groups is 1. The van der Waals surface area contributed by atoms with Crippen molar-refractivity contribution < 1.29 is 19.4 Å². The van der Waals surface area contributed by atoms with Gasteiger partial charge in [0.05, 0.1) is 0 Å². The van der Waals surface area contributed by atoms with Gasteiger partial charge in [-0.1, -0.05) is 30.3 Å². The number of para-hydroxylation sites is 1. The van der Waals surface area contributed by atoms with Crippen LogP contribution in [0.2, 0.25) is 0 Å². The van der Waals surface area contributed by atoms with E-state index < -0.39 is 5.60 Å². The third-order valence-electron chi connectivity index (χ3n) is 3.51. The van der Waals surface area contributed by atoms with Gasteiger partial charge in [0.15, 0.2) is 0 Å². The summed E-state index contributed by atoms with van der Waals surface area (Å²) in [4.78, 5) is 14.0. The summed E-state index contributed by atoms with van der Waals surface area (Å²) in [6, 6.07) is 17.2. The van der Waals surface area contributed by atoms with E-state index in [1.54, 1.807) is 4.90 Å². The maximum absolute atomic E-state index is 12.4. The normalized spacial score (nSPS) is 11.1. The Kier molecular flexibility index (Phi) is 7.04. The van der Waals surface area contributed by atoms with Crippen LogP contribution in [0, 0.1) is 0 Å². The van der Waals surface area contributed by atoms with Gasteiger partial charge in [-0.05, 0) is 57.0 Å². The maximum Gasteiger partial charge on any atom is 0.410 e. The second-order valence-corrected chi connectivity index (χ2v) is 7.04. The second-order valence-electron chi connectivity index (χ2n) is 7.04. The molecule has 0 aromatic heterocycles. The molecule has 5 heteroatoms. The van der Waals surface area contributed by atoms with E-state index in [0.29, 0.717) is 19.5 Å². The Morgan fingerprint density at radius 3 is 2.19 bits per heavy atom. The molecule has 2 aromatic carbocycles. The maximum atomic E-state index is 12.4. The predicted molar refractivity (Wildman–Crippen MR) is 101 cm³/mol. The number of aliphatic hydroxyl groups excluding tert-OH is 1. The first kappa shape index (κ1) is 19.8. The molecule has 1 N–H and O–H groups in total. The van der Waals surface area contributed by atoms with Crippen molar-refractivity contribution >= 4 is 6.09 Å². The molecule has 0 aliphatic carbocycles. The highest BCUT2D eigenvalue weighted by Crippen LogP contribution is 2.22. The van der Waals surface area contributed by atoms with Crippen LogP contribution >= 0.6 is 0 Å². The number of ether oxygens (including phenoxy) is 2. The largest absolute Gasteiger partial charge is 0.457 e. The summed E-state index contributed by atoms with van der Waals surface area (Å²) in [6.45, 7) is 6.40. The molecule has 0 saturated heterocycles. The molecule has 0 aliphatic heterocycles. The Hall–Kier alpha value is -2.53. The summed E-state index contributed by atoms with van der Waals surface area (Å²) in [5.41, 5.74) is 0.413. The number of rotatable bonds is 7. The highest BCUT2D eigenvalue weighted by molar-refractivity contribution is 5.68. The van der Waals surface area contributed by atoms with Crippen molar-refractivity contribution in [3.8, 4) is 11.5 Å². The first-order valence-electron chi connectivity index (χ1n) is 8.78. The number of hydrogen-bond donors (Lipinski definition) is 1. The molecule has 0 aliphatic rings. The smallest absolute Gasteiger partial charge is 0.410 e. The number of aliphatic hydroxyl groups is 1. The van der Waals surface area contributed by atoms with Gasteiger partial charge in [0, 0.05) is 19.7 Å². The van der Waals surface area contributed by atoms with Crippen LogP contribution in [0.1, 0.15) is 32.8 Å². The zero-order valence-corrected chi connectivity index (χ0v) is 15.6. The van der Waals surface area contributed by atoms with Gasteiger partial charge < -0.3 is 19.5 Å². The Labute approximate surface area is 155 Å². The first-order valence-corrected chi connectivity index (χ1v) is 8.78. The number of nitrogens with zero attached hydrogens (tertiary/aromatic N) is 1. The fourth-order valence-electron chi connectivity index (χ4n) is 2.33. The molecule has 0 bridgehead atoms. The molecule has 5 nitrogen and oxygen atoms in total. The van der Waals surface area contributed by atoms with E-state index >= 15 is 0 Å². The van der Waals surface area contributed by atoms with Crippen molar-refractivity contribution in [1.82, 2.24) is 4.90 Å². The van der Waals surface area contributed by atoms with Gasteiger partial charge in [0.2, 0.25) is 0 Å². The summed E-state index contributed by atoms with van der Waals surface area (Å²) >= 11 is 0. The molecule has 0 saturated carbocycles. The number of hydrogen-bond acceptors (Lipinski definition) is 4. The van der Waals surface area contributed by atoms with E-state index in [9.17, 15) is 4.79 Å². The zero-order chi connectivity index (χ0) is 19.0. The molecule has 0 heterocycles. The molecule has 2 rings (SSSR count). The lowest BCUT2D eigenvalue weighted by atomic mass is 10.2. The van der Waals surface area contributed by atoms with Crippen molar-refractivity contribution in [2.75, 3.05) is 13.2 Å². The molecular formula is C21H27NO4. The molecular weight excluding hydrogens is 330 g/mol. The van der Waals surface area contributed by atoms with Crippen molar-refractivity contribution in [2.24, 2.45) is 0 Å². The third kappa shape index (κ3) is 6.76. The van der Waals surface area contributed by atoms with Crippen LogP contribution in [0.3, 0.4) is 0 Å². The number of carbonyl (C=O) groups excluding carboxylic acids is 1. The Morgan fingerprint density at radius 1 is 1.00 bits per heavy atom. The Bertz CT molecular complexity index is 677. The lowest BCUT2D eigenvalue weighted by molar-refractivity contribution is 0.0224. The molecule has 0 fully saturated rings. The highest BCUT2D eigenvalue weighted by Gasteiger charge is 2.22. The molecule has 0 atom stereocenters. The zero-order valence-electron chi connectivity index (χ0n) is 15.6. The predicted octanol–water partition coefficient (Wildman–Crippen LogP) is 4.60. The van der Waals surface area contributed by atoms with E-state index in [0.717, 1.165) is 17.1 Å². The third-order valence-corrected chi connectivity index (χ3v) is 3.51.